The van der Waals surface area contributed by atoms with Crippen molar-refractivity contribution < 1.29 is 4.74 Å². The maximum Gasteiger partial charge on any atom is 0.201 e. The number of hydrogen-bond acceptors (Lipinski definition) is 4. The Morgan fingerprint density at radius 1 is 1.12 bits per heavy atom. The van der Waals surface area contributed by atoms with Crippen LogP contribution >= 0.6 is 0 Å². The van der Waals surface area contributed by atoms with Gasteiger partial charge in [0.15, 0.2) is 0 Å². The van der Waals surface area contributed by atoms with Crippen molar-refractivity contribution >= 4 is 11.6 Å². The molecule has 4 N–H and O–H groups in total. The van der Waals surface area contributed by atoms with Crippen LogP contribution in [-0.2, 0) is 0 Å². The molecule has 0 unspecified atom stereocenters. The maximum absolute atomic E-state index is 5.68. The molecule has 6 heteroatoms. The van der Waals surface area contributed by atoms with Gasteiger partial charge in [0.05, 0.1) is 5.82 Å². The van der Waals surface area contributed by atoms with Gasteiger partial charge in [0, 0.05) is 25.1 Å². The smallest absolute Gasteiger partial charge is 0.201 e. The summed E-state index contributed by atoms with van der Waals surface area (Å²) in [7, 11) is 1.65. The number of aliphatic imine (C=N–C) groups is 1. The zero-order chi connectivity index (χ0) is 17.8. The summed E-state index contributed by atoms with van der Waals surface area (Å²) in [5.41, 5.74) is 6.33. The molecule has 0 saturated heterocycles. The van der Waals surface area contributed by atoms with Crippen LogP contribution in [0, 0.1) is 0 Å². The van der Waals surface area contributed by atoms with E-state index in [-0.39, 0.29) is 0 Å². The highest BCUT2D eigenvalue weighted by molar-refractivity contribution is 5.94. The summed E-state index contributed by atoms with van der Waals surface area (Å²) in [6, 6.07) is 11.1. The fourth-order valence-electron chi connectivity index (χ4n) is 1.58. The van der Waals surface area contributed by atoms with Gasteiger partial charge in [0.25, 0.3) is 0 Å². The number of rotatable bonds is 4. The lowest BCUT2D eigenvalue weighted by Gasteiger charge is -2.12. The largest absolute Gasteiger partial charge is 0.457 e. The van der Waals surface area contributed by atoms with Crippen LogP contribution in [0.2, 0.25) is 0 Å². The summed E-state index contributed by atoms with van der Waals surface area (Å²) >= 11 is 0. The predicted molar refractivity (Wildman–Crippen MR) is 100 cm³/mol. The van der Waals surface area contributed by atoms with Crippen molar-refractivity contribution in [1.82, 2.24) is 10.3 Å². The molecule has 0 spiro atoms. The quantitative estimate of drug-likeness (QED) is 0.589. The number of ether oxygens (including phenoxy) is 1. The number of nitrogens with one attached hydrogen (secondary N) is 2. The Bertz CT molecular complexity index is 638. The SMILES string of the molecule is C=C(N)NC(=NC)Nc1ccc(Oc2ccncc2)cc1.CCC. The first-order chi connectivity index (χ1) is 11.6. The van der Waals surface area contributed by atoms with Crippen LogP contribution in [0.1, 0.15) is 20.3 Å². The Balaban J connectivity index is 0.000000891. The average Bonchev–Trinajstić information content (AvgIpc) is 2.57. The van der Waals surface area contributed by atoms with Crippen molar-refractivity contribution in [2.45, 2.75) is 20.3 Å². The van der Waals surface area contributed by atoms with E-state index in [0.717, 1.165) is 17.2 Å². The molecule has 1 heterocycles. The van der Waals surface area contributed by atoms with Gasteiger partial charge in [0.1, 0.15) is 11.5 Å². The van der Waals surface area contributed by atoms with E-state index in [4.69, 9.17) is 10.5 Å². The summed E-state index contributed by atoms with van der Waals surface area (Å²) in [5, 5.41) is 5.90. The maximum atomic E-state index is 5.68. The minimum Gasteiger partial charge on any atom is -0.457 e. The number of aromatic nitrogens is 1. The number of guanidine groups is 1. The highest BCUT2D eigenvalue weighted by Crippen LogP contribution is 2.22. The van der Waals surface area contributed by atoms with E-state index in [1.54, 1.807) is 31.6 Å². The fourth-order valence-corrected chi connectivity index (χ4v) is 1.58. The van der Waals surface area contributed by atoms with Crippen LogP contribution in [0.4, 0.5) is 5.69 Å². The number of benzene rings is 1. The molecule has 0 aliphatic rings. The van der Waals surface area contributed by atoms with Crippen molar-refractivity contribution in [2.24, 2.45) is 10.7 Å². The number of nitrogens with two attached hydrogens (primary N) is 1. The highest BCUT2D eigenvalue weighted by atomic mass is 16.5. The zero-order valence-corrected chi connectivity index (χ0v) is 14.4. The first-order valence-electron chi connectivity index (χ1n) is 7.72. The van der Waals surface area contributed by atoms with Gasteiger partial charge in [-0.25, -0.2) is 0 Å². The van der Waals surface area contributed by atoms with Gasteiger partial charge in [-0.2, -0.15) is 0 Å². The molecule has 0 aliphatic carbocycles. The van der Waals surface area contributed by atoms with E-state index >= 15 is 0 Å². The highest BCUT2D eigenvalue weighted by Gasteiger charge is 2.01. The molecule has 0 fully saturated rings. The monoisotopic (exact) mass is 327 g/mol. The fraction of sp³-hybridized carbons (Fsp3) is 0.222. The number of nitrogens with zero attached hydrogens (tertiary/aromatic N) is 2. The van der Waals surface area contributed by atoms with E-state index < -0.39 is 0 Å². The molecule has 2 rings (SSSR count). The van der Waals surface area contributed by atoms with Crippen molar-refractivity contribution in [3.63, 3.8) is 0 Å². The molecule has 24 heavy (non-hydrogen) atoms. The molecular formula is C18H25N5O. The first kappa shape index (κ1) is 19.0. The number of anilines is 1. The van der Waals surface area contributed by atoms with E-state index in [0.29, 0.717) is 11.8 Å². The van der Waals surface area contributed by atoms with Gasteiger partial charge in [-0.1, -0.05) is 26.8 Å². The summed E-state index contributed by atoms with van der Waals surface area (Å²) in [5.74, 6) is 2.31. The molecule has 0 bridgehead atoms. The van der Waals surface area contributed by atoms with Gasteiger partial charge in [-0.05, 0) is 36.4 Å². The molecule has 0 amide bonds. The first-order valence-corrected chi connectivity index (χ1v) is 7.72. The summed E-state index contributed by atoms with van der Waals surface area (Å²) in [6.45, 7) is 7.82. The molecule has 1 aromatic heterocycles. The lowest BCUT2D eigenvalue weighted by atomic mass is 10.3. The third-order valence-corrected chi connectivity index (χ3v) is 2.51. The van der Waals surface area contributed by atoms with E-state index in [1.165, 1.54) is 6.42 Å². The van der Waals surface area contributed by atoms with Crippen LogP contribution in [-0.4, -0.2) is 18.0 Å². The summed E-state index contributed by atoms with van der Waals surface area (Å²) in [4.78, 5) is 7.97. The molecule has 128 valence electrons. The Labute approximate surface area is 143 Å². The number of pyridine rings is 1. The summed E-state index contributed by atoms with van der Waals surface area (Å²) in [6.07, 6.45) is 4.61. The Kier molecular flexibility index (Phi) is 8.45. The normalized spacial score (nSPS) is 10.2. The van der Waals surface area contributed by atoms with Crippen molar-refractivity contribution in [2.75, 3.05) is 12.4 Å². The van der Waals surface area contributed by atoms with Gasteiger partial charge in [-0.15, -0.1) is 0 Å². The van der Waals surface area contributed by atoms with Gasteiger partial charge < -0.3 is 21.1 Å². The van der Waals surface area contributed by atoms with Crippen LogP contribution in [0.15, 0.2) is 66.2 Å². The molecule has 0 radical (unpaired) electrons. The second kappa shape index (κ2) is 10.7. The van der Waals surface area contributed by atoms with E-state index in [1.807, 2.05) is 24.3 Å². The molecule has 2 aromatic rings. The Morgan fingerprint density at radius 3 is 2.17 bits per heavy atom. The molecule has 0 aliphatic heterocycles. The topological polar surface area (TPSA) is 84.6 Å². The zero-order valence-electron chi connectivity index (χ0n) is 14.4. The van der Waals surface area contributed by atoms with Crippen LogP contribution in [0.25, 0.3) is 0 Å². The second-order valence-electron chi connectivity index (χ2n) is 4.86. The average molecular weight is 327 g/mol. The summed E-state index contributed by atoms with van der Waals surface area (Å²) < 4.78 is 5.68. The van der Waals surface area contributed by atoms with Gasteiger partial charge in [0.2, 0.25) is 5.96 Å². The third kappa shape index (κ3) is 7.31. The van der Waals surface area contributed by atoms with E-state index in [9.17, 15) is 0 Å². The molecule has 1 aromatic carbocycles. The molecule has 0 saturated carbocycles. The third-order valence-electron chi connectivity index (χ3n) is 2.51. The standard InChI is InChI=1S/C15H17N5O.C3H8/c1-11(16)19-15(17-2)20-12-3-5-13(6-4-12)21-14-7-9-18-10-8-14;1-3-2/h3-10H,1,16H2,2H3,(H2,17,19,20);3H2,1-2H3. The van der Waals surface area contributed by atoms with Crippen molar-refractivity contribution in [3.8, 4) is 11.5 Å². The van der Waals surface area contributed by atoms with Crippen LogP contribution in [0.5, 0.6) is 11.5 Å². The van der Waals surface area contributed by atoms with Crippen LogP contribution < -0.4 is 21.1 Å². The predicted octanol–water partition coefficient (Wildman–Crippen LogP) is 3.71. The van der Waals surface area contributed by atoms with Crippen molar-refractivity contribution in [3.05, 3.63) is 61.2 Å². The number of hydrogen-bond donors (Lipinski definition) is 3. The molecule has 0 atom stereocenters. The minimum atomic E-state index is 0.320. The van der Waals surface area contributed by atoms with Gasteiger partial charge >= 0.3 is 0 Å². The lowest BCUT2D eigenvalue weighted by molar-refractivity contribution is 0.482. The molecular weight excluding hydrogens is 302 g/mol. The van der Waals surface area contributed by atoms with Gasteiger partial charge in [-0.3, -0.25) is 9.98 Å². The van der Waals surface area contributed by atoms with E-state index in [2.05, 4.69) is 41.0 Å². The minimum absolute atomic E-state index is 0.320. The Hall–Kier alpha value is -3.02. The second-order valence-corrected chi connectivity index (χ2v) is 4.86. The lowest BCUT2D eigenvalue weighted by Crippen LogP contribution is -2.32. The Morgan fingerprint density at radius 2 is 1.67 bits per heavy atom. The molecule has 6 nitrogen and oxygen atoms in total. The van der Waals surface area contributed by atoms with Crippen LogP contribution in [0.3, 0.4) is 0 Å². The van der Waals surface area contributed by atoms with Crippen molar-refractivity contribution in [1.29, 1.82) is 0 Å².